The molecule has 1 heterocycles. The van der Waals surface area contributed by atoms with E-state index in [4.69, 9.17) is 10.5 Å². The first kappa shape index (κ1) is 19.2. The summed E-state index contributed by atoms with van der Waals surface area (Å²) in [6, 6.07) is 12.2. The molecule has 1 saturated heterocycles. The third-order valence-electron chi connectivity index (χ3n) is 4.66. The van der Waals surface area contributed by atoms with E-state index in [1.54, 1.807) is 18.2 Å². The largest absolute Gasteiger partial charge is 0.489 e. The molecule has 4 nitrogen and oxygen atoms in total. The van der Waals surface area contributed by atoms with Gasteiger partial charge in [-0.05, 0) is 54.8 Å². The Labute approximate surface area is 155 Å². The summed E-state index contributed by atoms with van der Waals surface area (Å²) in [6.45, 7) is 1.52. The van der Waals surface area contributed by atoms with Crippen molar-refractivity contribution < 1.29 is 22.7 Å². The van der Waals surface area contributed by atoms with Crippen LogP contribution in [0.3, 0.4) is 0 Å². The maximum atomic E-state index is 12.7. The van der Waals surface area contributed by atoms with Crippen LogP contribution in [0.25, 0.3) is 0 Å². The van der Waals surface area contributed by atoms with E-state index in [1.807, 2.05) is 12.1 Å². The van der Waals surface area contributed by atoms with Crippen LogP contribution in [0, 0.1) is 0 Å². The maximum Gasteiger partial charge on any atom is 0.416 e. The van der Waals surface area contributed by atoms with Gasteiger partial charge in [0.2, 0.25) is 5.91 Å². The monoisotopic (exact) mass is 378 g/mol. The van der Waals surface area contributed by atoms with E-state index in [2.05, 4.69) is 4.90 Å². The molecule has 144 valence electrons. The van der Waals surface area contributed by atoms with E-state index in [9.17, 15) is 18.0 Å². The van der Waals surface area contributed by atoms with Crippen molar-refractivity contribution in [3.8, 4) is 5.75 Å². The number of carbonyl (C=O) groups is 1. The standard InChI is InChI=1S/C20H21F3N2O2/c21-20(22,23)16-4-1-3-15(11-16)13-27-17-8-6-14(7-9-17)12-25-10-2-5-18(25)19(24)26/h1,3-4,6-9,11,18H,2,5,10,12-13H2,(H2,24,26). The van der Waals surface area contributed by atoms with Crippen molar-refractivity contribution in [2.45, 2.75) is 38.2 Å². The summed E-state index contributed by atoms with van der Waals surface area (Å²) in [4.78, 5) is 13.5. The summed E-state index contributed by atoms with van der Waals surface area (Å²) >= 11 is 0. The fourth-order valence-corrected chi connectivity index (χ4v) is 3.27. The predicted molar refractivity (Wildman–Crippen MR) is 94.8 cm³/mol. The number of hydrogen-bond acceptors (Lipinski definition) is 3. The van der Waals surface area contributed by atoms with E-state index < -0.39 is 11.7 Å². The first-order chi connectivity index (χ1) is 12.8. The molecule has 0 aliphatic carbocycles. The average Bonchev–Trinajstić information content (AvgIpc) is 3.09. The van der Waals surface area contributed by atoms with Crippen LogP contribution in [0.2, 0.25) is 0 Å². The lowest BCUT2D eigenvalue weighted by Crippen LogP contribution is -2.39. The SMILES string of the molecule is NC(=O)C1CCCN1Cc1ccc(OCc2cccc(C(F)(F)F)c2)cc1. The topological polar surface area (TPSA) is 55.6 Å². The minimum absolute atomic E-state index is 0.0547. The minimum atomic E-state index is -4.37. The van der Waals surface area contributed by atoms with Crippen molar-refractivity contribution in [2.75, 3.05) is 6.54 Å². The highest BCUT2D eigenvalue weighted by molar-refractivity contribution is 5.80. The molecule has 2 aromatic rings. The molecule has 0 spiro atoms. The van der Waals surface area contributed by atoms with E-state index in [0.29, 0.717) is 17.9 Å². The molecule has 1 atom stereocenters. The van der Waals surface area contributed by atoms with Crippen molar-refractivity contribution in [3.63, 3.8) is 0 Å². The molecule has 2 N–H and O–H groups in total. The number of primary amides is 1. The van der Waals surface area contributed by atoms with Crippen LogP contribution in [0.4, 0.5) is 13.2 Å². The summed E-state index contributed by atoms with van der Waals surface area (Å²) in [6.07, 6.45) is -2.63. The molecular formula is C20H21F3N2O2. The zero-order valence-corrected chi connectivity index (χ0v) is 14.7. The lowest BCUT2D eigenvalue weighted by atomic mass is 10.1. The molecule has 1 unspecified atom stereocenters. The lowest BCUT2D eigenvalue weighted by Gasteiger charge is -2.21. The number of rotatable bonds is 6. The fraction of sp³-hybridized carbons (Fsp3) is 0.350. The fourth-order valence-electron chi connectivity index (χ4n) is 3.27. The Hall–Kier alpha value is -2.54. The van der Waals surface area contributed by atoms with Gasteiger partial charge in [-0.3, -0.25) is 9.69 Å². The smallest absolute Gasteiger partial charge is 0.416 e. The molecule has 0 radical (unpaired) electrons. The average molecular weight is 378 g/mol. The Balaban J connectivity index is 1.57. The Morgan fingerprint density at radius 2 is 1.89 bits per heavy atom. The number of ether oxygens (including phenoxy) is 1. The van der Waals surface area contributed by atoms with Gasteiger partial charge in [0, 0.05) is 6.54 Å². The first-order valence-electron chi connectivity index (χ1n) is 8.74. The van der Waals surface area contributed by atoms with Gasteiger partial charge in [-0.25, -0.2) is 0 Å². The summed E-state index contributed by atoms with van der Waals surface area (Å²) < 4.78 is 43.8. The molecule has 1 amide bonds. The summed E-state index contributed by atoms with van der Waals surface area (Å²) in [5.41, 5.74) is 6.22. The Morgan fingerprint density at radius 3 is 2.56 bits per heavy atom. The number of nitrogens with zero attached hydrogens (tertiary/aromatic N) is 1. The quantitative estimate of drug-likeness (QED) is 0.833. The van der Waals surface area contributed by atoms with E-state index in [0.717, 1.165) is 37.1 Å². The zero-order chi connectivity index (χ0) is 19.4. The number of nitrogens with two attached hydrogens (primary N) is 1. The van der Waals surface area contributed by atoms with Gasteiger partial charge in [-0.15, -0.1) is 0 Å². The first-order valence-corrected chi connectivity index (χ1v) is 8.74. The number of likely N-dealkylation sites (tertiary alicyclic amines) is 1. The lowest BCUT2D eigenvalue weighted by molar-refractivity contribution is -0.137. The molecule has 27 heavy (non-hydrogen) atoms. The van der Waals surface area contributed by atoms with Gasteiger partial charge in [-0.1, -0.05) is 24.3 Å². The van der Waals surface area contributed by atoms with Crippen LogP contribution in [0.5, 0.6) is 5.75 Å². The highest BCUT2D eigenvalue weighted by atomic mass is 19.4. The molecular weight excluding hydrogens is 357 g/mol. The van der Waals surface area contributed by atoms with Crippen LogP contribution in [-0.4, -0.2) is 23.4 Å². The van der Waals surface area contributed by atoms with Crippen LogP contribution in [0.1, 0.15) is 29.5 Å². The highest BCUT2D eigenvalue weighted by Gasteiger charge is 2.30. The van der Waals surface area contributed by atoms with E-state index in [1.165, 1.54) is 6.07 Å². The van der Waals surface area contributed by atoms with Gasteiger partial charge in [0.15, 0.2) is 0 Å². The highest BCUT2D eigenvalue weighted by Crippen LogP contribution is 2.30. The van der Waals surface area contributed by atoms with Gasteiger partial charge in [0.1, 0.15) is 12.4 Å². The van der Waals surface area contributed by atoms with Crippen molar-refractivity contribution >= 4 is 5.91 Å². The van der Waals surface area contributed by atoms with E-state index >= 15 is 0 Å². The molecule has 1 aliphatic rings. The third-order valence-corrected chi connectivity index (χ3v) is 4.66. The van der Waals surface area contributed by atoms with Crippen molar-refractivity contribution in [1.82, 2.24) is 4.90 Å². The summed E-state index contributed by atoms with van der Waals surface area (Å²) in [7, 11) is 0. The molecule has 0 saturated carbocycles. The van der Waals surface area contributed by atoms with Crippen molar-refractivity contribution in [1.29, 1.82) is 0 Å². The Kier molecular flexibility index (Phi) is 5.70. The van der Waals surface area contributed by atoms with Gasteiger partial charge in [0.05, 0.1) is 11.6 Å². The summed E-state index contributed by atoms with van der Waals surface area (Å²) in [5.74, 6) is 0.276. The predicted octanol–water partition coefficient (Wildman–Crippen LogP) is 3.73. The van der Waals surface area contributed by atoms with Crippen LogP contribution in [-0.2, 0) is 24.1 Å². The third kappa shape index (κ3) is 5.01. The van der Waals surface area contributed by atoms with Gasteiger partial charge >= 0.3 is 6.18 Å². The van der Waals surface area contributed by atoms with Crippen molar-refractivity contribution in [2.24, 2.45) is 5.73 Å². The van der Waals surface area contributed by atoms with Gasteiger partial charge in [-0.2, -0.15) is 13.2 Å². The van der Waals surface area contributed by atoms with Crippen LogP contribution in [0.15, 0.2) is 48.5 Å². The molecule has 3 rings (SSSR count). The Bertz CT molecular complexity index is 791. The molecule has 0 aromatic heterocycles. The molecule has 1 fully saturated rings. The number of benzene rings is 2. The molecule has 7 heteroatoms. The normalized spacial score (nSPS) is 17.8. The second-order valence-electron chi connectivity index (χ2n) is 6.66. The number of alkyl halides is 3. The van der Waals surface area contributed by atoms with E-state index in [-0.39, 0.29) is 18.6 Å². The number of carbonyl (C=O) groups excluding carboxylic acids is 1. The number of halogens is 3. The number of amides is 1. The number of hydrogen-bond donors (Lipinski definition) is 1. The molecule has 0 bridgehead atoms. The maximum absolute atomic E-state index is 12.7. The molecule has 2 aromatic carbocycles. The van der Waals surface area contributed by atoms with Crippen molar-refractivity contribution in [3.05, 3.63) is 65.2 Å². The van der Waals surface area contributed by atoms with Crippen LogP contribution < -0.4 is 10.5 Å². The second-order valence-corrected chi connectivity index (χ2v) is 6.66. The van der Waals surface area contributed by atoms with Crippen LogP contribution >= 0.6 is 0 Å². The molecule has 1 aliphatic heterocycles. The Morgan fingerprint density at radius 1 is 1.15 bits per heavy atom. The summed E-state index contributed by atoms with van der Waals surface area (Å²) in [5, 5.41) is 0. The van der Waals surface area contributed by atoms with Gasteiger partial charge < -0.3 is 10.5 Å². The van der Waals surface area contributed by atoms with Gasteiger partial charge in [0.25, 0.3) is 0 Å². The zero-order valence-electron chi connectivity index (χ0n) is 14.7. The second kappa shape index (κ2) is 8.00. The minimum Gasteiger partial charge on any atom is -0.489 e.